The maximum absolute atomic E-state index is 12.6. The van der Waals surface area contributed by atoms with Crippen LogP contribution in [0.25, 0.3) is 0 Å². The molecule has 1 aromatic heterocycles. The molecule has 0 unspecified atom stereocenters. The molecule has 0 bridgehead atoms. The van der Waals surface area contributed by atoms with E-state index in [-0.39, 0.29) is 23.8 Å². The molecule has 1 aromatic rings. The molecule has 3 aliphatic rings. The van der Waals surface area contributed by atoms with Crippen LogP contribution in [0.15, 0.2) is 12.3 Å². The van der Waals surface area contributed by atoms with Crippen molar-refractivity contribution in [3.63, 3.8) is 0 Å². The molecule has 0 saturated heterocycles. The Morgan fingerprint density at radius 2 is 1.95 bits per heavy atom. The van der Waals surface area contributed by atoms with Crippen LogP contribution in [-0.4, -0.2) is 39.1 Å². The maximum atomic E-state index is 12.6. The van der Waals surface area contributed by atoms with Crippen LogP contribution in [0.2, 0.25) is 0 Å². The minimum Gasteiger partial charge on any atom is -0.351 e. The monoisotopic (exact) mass is 302 g/mol. The standard InChI is InChI=1S/C16H22N4O2/c21-15(18-12-5-2-6-12)14-10-19(16(22)11-3-1-4-11)9-13-7-8-17-20(13)14/h7-8,11-12,14H,1-6,9-10H2,(H,18,21)/t14-/m1/s1. The van der Waals surface area contributed by atoms with Crippen LogP contribution in [0, 0.1) is 5.92 Å². The first-order valence-electron chi connectivity index (χ1n) is 8.34. The van der Waals surface area contributed by atoms with Gasteiger partial charge in [-0.15, -0.1) is 0 Å². The Labute approximate surface area is 129 Å². The van der Waals surface area contributed by atoms with E-state index in [1.165, 1.54) is 6.42 Å². The fraction of sp³-hybridized carbons (Fsp3) is 0.688. The first kappa shape index (κ1) is 13.8. The fourth-order valence-corrected chi connectivity index (χ4v) is 3.42. The van der Waals surface area contributed by atoms with Gasteiger partial charge in [-0.05, 0) is 38.2 Å². The summed E-state index contributed by atoms with van der Waals surface area (Å²) in [5, 5.41) is 7.40. The highest BCUT2D eigenvalue weighted by atomic mass is 16.2. The highest BCUT2D eigenvalue weighted by Crippen LogP contribution is 2.31. The molecular weight excluding hydrogens is 280 g/mol. The van der Waals surface area contributed by atoms with Crippen LogP contribution >= 0.6 is 0 Å². The molecular formula is C16H22N4O2. The molecule has 2 saturated carbocycles. The van der Waals surface area contributed by atoms with E-state index in [4.69, 9.17) is 0 Å². The third-order valence-corrected chi connectivity index (χ3v) is 5.31. The smallest absolute Gasteiger partial charge is 0.246 e. The Bertz CT molecular complexity index is 589. The Hall–Kier alpha value is -1.85. The van der Waals surface area contributed by atoms with E-state index < -0.39 is 0 Å². The van der Waals surface area contributed by atoms with Gasteiger partial charge in [-0.1, -0.05) is 6.42 Å². The number of fused-ring (bicyclic) bond motifs is 1. The molecule has 1 aliphatic heterocycles. The molecule has 0 spiro atoms. The summed E-state index contributed by atoms with van der Waals surface area (Å²) in [5.41, 5.74) is 0.952. The summed E-state index contributed by atoms with van der Waals surface area (Å²) in [6, 6.07) is 1.83. The zero-order chi connectivity index (χ0) is 15.1. The van der Waals surface area contributed by atoms with E-state index in [0.717, 1.165) is 37.8 Å². The quantitative estimate of drug-likeness (QED) is 0.913. The van der Waals surface area contributed by atoms with E-state index in [1.807, 2.05) is 11.0 Å². The normalized spacial score (nSPS) is 25.1. The Kier molecular flexibility index (Phi) is 3.39. The molecule has 118 valence electrons. The van der Waals surface area contributed by atoms with E-state index in [2.05, 4.69) is 10.4 Å². The second kappa shape index (κ2) is 5.41. The lowest BCUT2D eigenvalue weighted by Crippen LogP contribution is -2.51. The lowest BCUT2D eigenvalue weighted by molar-refractivity contribution is -0.141. The predicted octanol–water partition coefficient (Wildman–Crippen LogP) is 1.24. The zero-order valence-corrected chi connectivity index (χ0v) is 12.7. The second-order valence-electron chi connectivity index (χ2n) is 6.77. The number of amides is 2. The van der Waals surface area contributed by atoms with Gasteiger partial charge in [0.15, 0.2) is 0 Å². The lowest BCUT2D eigenvalue weighted by Gasteiger charge is -2.38. The van der Waals surface area contributed by atoms with Crippen molar-refractivity contribution in [1.29, 1.82) is 0 Å². The number of rotatable bonds is 3. The van der Waals surface area contributed by atoms with Crippen LogP contribution in [0.4, 0.5) is 0 Å². The molecule has 0 aromatic carbocycles. The minimum atomic E-state index is -0.386. The Morgan fingerprint density at radius 1 is 1.18 bits per heavy atom. The largest absolute Gasteiger partial charge is 0.351 e. The number of nitrogens with zero attached hydrogens (tertiary/aromatic N) is 3. The summed E-state index contributed by atoms with van der Waals surface area (Å²) < 4.78 is 1.79. The van der Waals surface area contributed by atoms with Crippen LogP contribution in [0.3, 0.4) is 0 Å². The van der Waals surface area contributed by atoms with Gasteiger partial charge in [-0.2, -0.15) is 5.10 Å². The van der Waals surface area contributed by atoms with E-state index in [1.54, 1.807) is 10.9 Å². The third-order valence-electron chi connectivity index (χ3n) is 5.31. The predicted molar refractivity (Wildman–Crippen MR) is 79.8 cm³/mol. The molecule has 1 N–H and O–H groups in total. The number of hydrogen-bond acceptors (Lipinski definition) is 3. The average Bonchev–Trinajstić information content (AvgIpc) is 2.87. The number of nitrogens with one attached hydrogen (secondary N) is 1. The van der Waals surface area contributed by atoms with Gasteiger partial charge in [0, 0.05) is 18.2 Å². The molecule has 4 rings (SSSR count). The number of carbonyl (C=O) groups excluding carboxylic acids is 2. The van der Waals surface area contributed by atoms with Crippen molar-refractivity contribution in [3.05, 3.63) is 18.0 Å². The molecule has 1 atom stereocenters. The minimum absolute atomic E-state index is 0.000703. The topological polar surface area (TPSA) is 67.2 Å². The van der Waals surface area contributed by atoms with Gasteiger partial charge in [0.1, 0.15) is 6.04 Å². The molecule has 22 heavy (non-hydrogen) atoms. The lowest BCUT2D eigenvalue weighted by atomic mass is 9.84. The highest BCUT2D eigenvalue weighted by Gasteiger charge is 2.37. The third kappa shape index (κ3) is 2.30. The molecule has 6 heteroatoms. The van der Waals surface area contributed by atoms with Crippen LogP contribution < -0.4 is 5.32 Å². The second-order valence-corrected chi connectivity index (χ2v) is 6.77. The van der Waals surface area contributed by atoms with Gasteiger partial charge in [-0.3, -0.25) is 14.3 Å². The number of carbonyl (C=O) groups is 2. The molecule has 2 aliphatic carbocycles. The molecule has 2 fully saturated rings. The van der Waals surface area contributed by atoms with Crippen LogP contribution in [0.1, 0.15) is 50.3 Å². The van der Waals surface area contributed by atoms with Crippen molar-refractivity contribution in [3.8, 4) is 0 Å². The summed E-state index contributed by atoms with van der Waals surface area (Å²) in [5.74, 6) is 0.380. The summed E-state index contributed by atoms with van der Waals surface area (Å²) in [4.78, 5) is 27.0. The fourth-order valence-electron chi connectivity index (χ4n) is 3.42. The highest BCUT2D eigenvalue weighted by molar-refractivity contribution is 5.84. The van der Waals surface area contributed by atoms with Gasteiger partial charge < -0.3 is 10.2 Å². The van der Waals surface area contributed by atoms with Gasteiger partial charge in [-0.25, -0.2) is 0 Å². The number of aromatic nitrogens is 2. The maximum Gasteiger partial charge on any atom is 0.246 e. The number of hydrogen-bond donors (Lipinski definition) is 1. The van der Waals surface area contributed by atoms with Crippen LogP contribution in [0.5, 0.6) is 0 Å². The first-order chi connectivity index (χ1) is 10.7. The molecule has 6 nitrogen and oxygen atoms in total. The molecule has 0 radical (unpaired) electrons. The van der Waals surface area contributed by atoms with Gasteiger partial charge in [0.05, 0.1) is 18.8 Å². The summed E-state index contributed by atoms with van der Waals surface area (Å²) in [6.45, 7) is 1.02. The van der Waals surface area contributed by atoms with E-state index >= 15 is 0 Å². The van der Waals surface area contributed by atoms with Crippen LogP contribution in [-0.2, 0) is 16.1 Å². The van der Waals surface area contributed by atoms with Crippen molar-refractivity contribution in [2.24, 2.45) is 5.92 Å². The van der Waals surface area contributed by atoms with Crippen molar-refractivity contribution in [1.82, 2.24) is 20.0 Å². The van der Waals surface area contributed by atoms with E-state index in [0.29, 0.717) is 19.1 Å². The van der Waals surface area contributed by atoms with Crippen molar-refractivity contribution < 1.29 is 9.59 Å². The average molecular weight is 302 g/mol. The van der Waals surface area contributed by atoms with Crippen molar-refractivity contribution in [2.75, 3.05) is 6.54 Å². The summed E-state index contributed by atoms with van der Waals surface area (Å²) in [7, 11) is 0. The Morgan fingerprint density at radius 3 is 2.59 bits per heavy atom. The molecule has 2 heterocycles. The first-order valence-corrected chi connectivity index (χ1v) is 8.34. The van der Waals surface area contributed by atoms with Gasteiger partial charge in [0.25, 0.3) is 0 Å². The Balaban J connectivity index is 1.51. The summed E-state index contributed by atoms with van der Waals surface area (Å²) in [6.07, 6.45) is 8.17. The van der Waals surface area contributed by atoms with Crippen molar-refractivity contribution in [2.45, 2.75) is 57.2 Å². The van der Waals surface area contributed by atoms with E-state index in [9.17, 15) is 9.59 Å². The zero-order valence-electron chi connectivity index (χ0n) is 12.7. The van der Waals surface area contributed by atoms with Crippen molar-refractivity contribution >= 4 is 11.8 Å². The SMILES string of the molecule is O=C(NC1CCC1)[C@H]1CN(C(=O)C2CCC2)Cc2ccnn21. The summed E-state index contributed by atoms with van der Waals surface area (Å²) >= 11 is 0. The van der Waals surface area contributed by atoms with Gasteiger partial charge in [0.2, 0.25) is 11.8 Å². The molecule has 2 amide bonds. The van der Waals surface area contributed by atoms with Gasteiger partial charge >= 0.3 is 0 Å².